The molecule has 0 aromatic heterocycles. The van der Waals surface area contributed by atoms with E-state index in [1.165, 1.54) is 38.6 Å². The van der Waals surface area contributed by atoms with Crippen molar-refractivity contribution in [3.8, 4) is 0 Å². The first-order valence-electron chi connectivity index (χ1n) is 7.12. The van der Waals surface area contributed by atoms with Crippen molar-refractivity contribution in [2.24, 2.45) is 11.8 Å². The average molecular weight is 239 g/mol. The van der Waals surface area contributed by atoms with E-state index < -0.39 is 5.97 Å². The second-order valence-corrected chi connectivity index (χ2v) is 5.89. The highest BCUT2D eigenvalue weighted by molar-refractivity contribution is 5.67. The fourth-order valence-electron chi connectivity index (χ4n) is 3.62. The molecule has 0 radical (unpaired) electrons. The van der Waals surface area contributed by atoms with Gasteiger partial charge in [0.2, 0.25) is 0 Å². The van der Waals surface area contributed by atoms with E-state index in [0.29, 0.717) is 18.4 Å². The Morgan fingerprint density at radius 1 is 1.29 bits per heavy atom. The summed E-state index contributed by atoms with van der Waals surface area (Å²) in [6.45, 7) is 4.52. The molecule has 2 aliphatic rings. The molecular weight excluding hydrogens is 214 g/mol. The summed E-state index contributed by atoms with van der Waals surface area (Å²) in [5.41, 5.74) is 0. The summed E-state index contributed by atoms with van der Waals surface area (Å²) in [5, 5.41) is 8.88. The molecule has 1 saturated heterocycles. The van der Waals surface area contributed by atoms with E-state index in [9.17, 15) is 4.79 Å². The molecule has 0 aromatic rings. The van der Waals surface area contributed by atoms with Crippen LogP contribution in [0.15, 0.2) is 0 Å². The molecule has 2 fully saturated rings. The summed E-state index contributed by atoms with van der Waals surface area (Å²) >= 11 is 0. The smallest absolute Gasteiger partial charge is 0.303 e. The first kappa shape index (κ1) is 12.9. The van der Waals surface area contributed by atoms with Gasteiger partial charge in [0.1, 0.15) is 0 Å². The van der Waals surface area contributed by atoms with Crippen molar-refractivity contribution in [2.45, 2.75) is 57.9 Å². The number of carboxylic acids is 1. The summed E-state index contributed by atoms with van der Waals surface area (Å²) in [5.74, 6) is 0.606. The van der Waals surface area contributed by atoms with E-state index in [-0.39, 0.29) is 0 Å². The van der Waals surface area contributed by atoms with Crippen LogP contribution in [0.2, 0.25) is 0 Å². The van der Waals surface area contributed by atoms with Crippen LogP contribution < -0.4 is 0 Å². The Morgan fingerprint density at radius 3 is 2.65 bits per heavy atom. The van der Waals surface area contributed by atoms with Crippen LogP contribution >= 0.6 is 0 Å². The summed E-state index contributed by atoms with van der Waals surface area (Å²) in [6, 6.07) is 0.661. The van der Waals surface area contributed by atoms with Crippen molar-refractivity contribution in [2.75, 3.05) is 13.1 Å². The second kappa shape index (κ2) is 5.85. The van der Waals surface area contributed by atoms with E-state index in [1.54, 1.807) is 0 Å². The molecule has 17 heavy (non-hydrogen) atoms. The summed E-state index contributed by atoms with van der Waals surface area (Å²) < 4.78 is 0. The highest BCUT2D eigenvalue weighted by Crippen LogP contribution is 2.32. The molecule has 2 atom stereocenters. The van der Waals surface area contributed by atoms with Crippen LogP contribution in [-0.4, -0.2) is 35.1 Å². The molecule has 0 aromatic carbocycles. The molecule has 98 valence electrons. The van der Waals surface area contributed by atoms with Crippen molar-refractivity contribution >= 4 is 5.97 Å². The predicted octanol–water partition coefficient (Wildman–Crippen LogP) is 2.75. The van der Waals surface area contributed by atoms with E-state index in [2.05, 4.69) is 11.8 Å². The van der Waals surface area contributed by atoms with Gasteiger partial charge < -0.3 is 10.0 Å². The summed E-state index contributed by atoms with van der Waals surface area (Å²) in [7, 11) is 0. The van der Waals surface area contributed by atoms with Gasteiger partial charge in [-0.2, -0.15) is 0 Å². The van der Waals surface area contributed by atoms with Crippen molar-refractivity contribution in [1.29, 1.82) is 0 Å². The van der Waals surface area contributed by atoms with Crippen molar-refractivity contribution < 1.29 is 9.90 Å². The molecule has 0 spiro atoms. The maximum absolute atomic E-state index is 10.8. The highest BCUT2D eigenvalue weighted by Gasteiger charge is 2.30. The van der Waals surface area contributed by atoms with Gasteiger partial charge in [-0.15, -0.1) is 0 Å². The largest absolute Gasteiger partial charge is 0.481 e. The molecule has 1 aliphatic heterocycles. The molecule has 1 N–H and O–H groups in total. The highest BCUT2D eigenvalue weighted by atomic mass is 16.4. The first-order chi connectivity index (χ1) is 8.16. The monoisotopic (exact) mass is 239 g/mol. The summed E-state index contributed by atoms with van der Waals surface area (Å²) in [4.78, 5) is 13.3. The zero-order valence-electron chi connectivity index (χ0n) is 10.9. The standard InChI is InChI=1S/C14H25NO2/c1-11(13-6-2-3-7-13)15-8-4-5-12(10-15)9-14(16)17/h11-13H,2-10H2,1H3,(H,16,17). The normalized spacial score (nSPS) is 29.4. The molecule has 1 saturated carbocycles. The Hall–Kier alpha value is -0.570. The van der Waals surface area contributed by atoms with Crippen LogP contribution in [-0.2, 0) is 4.79 Å². The third-order valence-corrected chi connectivity index (χ3v) is 4.67. The molecule has 1 aliphatic carbocycles. The quantitative estimate of drug-likeness (QED) is 0.820. The number of nitrogens with zero attached hydrogens (tertiary/aromatic N) is 1. The van der Waals surface area contributed by atoms with Crippen LogP contribution in [0.5, 0.6) is 0 Å². The Balaban J connectivity index is 1.85. The van der Waals surface area contributed by atoms with Gasteiger partial charge in [-0.05, 0) is 51.0 Å². The Labute approximate surface area is 104 Å². The molecule has 3 nitrogen and oxygen atoms in total. The van der Waals surface area contributed by atoms with E-state index in [0.717, 1.165) is 18.9 Å². The molecular formula is C14H25NO2. The average Bonchev–Trinajstić information content (AvgIpc) is 2.81. The third kappa shape index (κ3) is 3.44. The van der Waals surface area contributed by atoms with Gasteiger partial charge >= 0.3 is 5.97 Å². The number of hydrogen-bond acceptors (Lipinski definition) is 2. The minimum atomic E-state index is -0.634. The van der Waals surface area contributed by atoms with Crippen LogP contribution in [0.3, 0.4) is 0 Å². The van der Waals surface area contributed by atoms with Crippen LogP contribution in [0.4, 0.5) is 0 Å². The number of piperidine rings is 1. The first-order valence-corrected chi connectivity index (χ1v) is 7.12. The zero-order valence-corrected chi connectivity index (χ0v) is 10.9. The van der Waals surface area contributed by atoms with Gasteiger partial charge in [0.15, 0.2) is 0 Å². The van der Waals surface area contributed by atoms with Gasteiger partial charge in [0.05, 0.1) is 0 Å². The van der Waals surface area contributed by atoms with Crippen molar-refractivity contribution in [3.05, 3.63) is 0 Å². The third-order valence-electron chi connectivity index (χ3n) is 4.67. The zero-order chi connectivity index (χ0) is 12.3. The molecule has 1 heterocycles. The SMILES string of the molecule is CC(C1CCCC1)N1CCCC(CC(=O)O)C1. The maximum Gasteiger partial charge on any atom is 0.303 e. The number of likely N-dealkylation sites (tertiary alicyclic amines) is 1. The predicted molar refractivity (Wildman–Crippen MR) is 68.0 cm³/mol. The van der Waals surface area contributed by atoms with Gasteiger partial charge in [-0.25, -0.2) is 0 Å². The number of rotatable bonds is 4. The molecule has 2 unspecified atom stereocenters. The number of carbonyl (C=O) groups is 1. The van der Waals surface area contributed by atoms with E-state index >= 15 is 0 Å². The Bertz CT molecular complexity index is 261. The van der Waals surface area contributed by atoms with Gasteiger partial charge in [-0.1, -0.05) is 12.8 Å². The lowest BCUT2D eigenvalue weighted by molar-refractivity contribution is -0.138. The van der Waals surface area contributed by atoms with Crippen LogP contribution in [0.1, 0.15) is 51.9 Å². The number of carboxylic acid groups (broad SMARTS) is 1. The topological polar surface area (TPSA) is 40.5 Å². The summed E-state index contributed by atoms with van der Waals surface area (Å²) in [6.07, 6.45) is 8.16. The number of hydrogen-bond donors (Lipinski definition) is 1. The van der Waals surface area contributed by atoms with Crippen LogP contribution in [0, 0.1) is 11.8 Å². The minimum Gasteiger partial charge on any atom is -0.481 e. The van der Waals surface area contributed by atoms with Crippen molar-refractivity contribution in [3.63, 3.8) is 0 Å². The second-order valence-electron chi connectivity index (χ2n) is 5.89. The lowest BCUT2D eigenvalue weighted by Gasteiger charge is -2.39. The Kier molecular flexibility index (Phi) is 4.43. The fraction of sp³-hybridized carbons (Fsp3) is 0.929. The lowest BCUT2D eigenvalue weighted by Crippen LogP contribution is -2.44. The van der Waals surface area contributed by atoms with Gasteiger partial charge in [-0.3, -0.25) is 4.79 Å². The number of aliphatic carboxylic acids is 1. The molecule has 0 amide bonds. The van der Waals surface area contributed by atoms with Gasteiger partial charge in [0.25, 0.3) is 0 Å². The van der Waals surface area contributed by atoms with E-state index in [4.69, 9.17) is 5.11 Å². The van der Waals surface area contributed by atoms with Crippen molar-refractivity contribution in [1.82, 2.24) is 4.90 Å². The molecule has 2 rings (SSSR count). The minimum absolute atomic E-state index is 0.355. The molecule has 0 bridgehead atoms. The Morgan fingerprint density at radius 2 is 2.00 bits per heavy atom. The maximum atomic E-state index is 10.8. The molecule has 3 heteroatoms. The van der Waals surface area contributed by atoms with Gasteiger partial charge in [0, 0.05) is 19.0 Å². The lowest BCUT2D eigenvalue weighted by atomic mass is 9.90. The fourth-order valence-corrected chi connectivity index (χ4v) is 3.62. The van der Waals surface area contributed by atoms with Crippen LogP contribution in [0.25, 0.3) is 0 Å². The van der Waals surface area contributed by atoms with E-state index in [1.807, 2.05) is 0 Å².